The number of ether oxygens (including phenoxy) is 2. The number of hydrogen-bond donors (Lipinski definition) is 0. The third-order valence-corrected chi connectivity index (χ3v) is 7.00. The Bertz CT molecular complexity index is 1220. The fourth-order valence-corrected chi connectivity index (χ4v) is 5.57. The molecule has 2 aromatic carbocycles. The molecule has 1 atom stereocenters. The molecular formula is C24H21BrF2N2O6S. The van der Waals surface area contributed by atoms with Crippen molar-refractivity contribution < 1.29 is 32.8 Å². The second kappa shape index (κ2) is 12.5. The zero-order chi connectivity index (χ0) is 26.2. The first-order chi connectivity index (χ1) is 17.3. The van der Waals surface area contributed by atoms with Crippen LogP contribution in [-0.2, 0) is 26.1 Å². The van der Waals surface area contributed by atoms with Crippen molar-refractivity contribution >= 4 is 45.5 Å². The van der Waals surface area contributed by atoms with Gasteiger partial charge in [0.2, 0.25) is 0 Å². The van der Waals surface area contributed by atoms with Crippen LogP contribution < -0.4 is 0 Å². The van der Waals surface area contributed by atoms with Gasteiger partial charge in [-0.3, -0.25) is 19.8 Å². The van der Waals surface area contributed by atoms with Crippen LogP contribution in [0.2, 0.25) is 0 Å². The van der Waals surface area contributed by atoms with Crippen LogP contribution in [0, 0.1) is 21.7 Å². The van der Waals surface area contributed by atoms with E-state index in [1.54, 1.807) is 24.4 Å². The van der Waals surface area contributed by atoms with E-state index in [1.165, 1.54) is 29.5 Å². The molecule has 190 valence electrons. The van der Waals surface area contributed by atoms with Crippen LogP contribution in [-0.4, -0.2) is 35.6 Å². The highest BCUT2D eigenvalue weighted by Crippen LogP contribution is 2.40. The van der Waals surface area contributed by atoms with Crippen molar-refractivity contribution in [1.82, 2.24) is 4.90 Å². The fraction of sp³-hybridized carbons (Fsp3) is 0.250. The number of thiophene rings is 1. The number of nitrogens with zero attached hydrogens (tertiary/aromatic N) is 2. The average molecular weight is 583 g/mol. The van der Waals surface area contributed by atoms with Gasteiger partial charge >= 0.3 is 6.09 Å². The predicted octanol–water partition coefficient (Wildman–Crippen LogP) is 6.37. The SMILES string of the molecule is CCOC(=O)N(Cc1c(F)cccc1F)C(COC=O)c1csc(-c2ccc([N+](=O)[O-])cc2)c1CBr. The van der Waals surface area contributed by atoms with Gasteiger partial charge in [-0.25, -0.2) is 13.6 Å². The van der Waals surface area contributed by atoms with Gasteiger partial charge in [-0.15, -0.1) is 11.3 Å². The van der Waals surface area contributed by atoms with Gasteiger partial charge in [0, 0.05) is 27.9 Å². The van der Waals surface area contributed by atoms with Crippen LogP contribution in [0.15, 0.2) is 47.8 Å². The topological polar surface area (TPSA) is 99.0 Å². The first kappa shape index (κ1) is 27.2. The molecule has 0 spiro atoms. The second-order valence-electron chi connectivity index (χ2n) is 7.41. The third kappa shape index (κ3) is 6.05. The Labute approximate surface area is 217 Å². The molecule has 0 aliphatic rings. The van der Waals surface area contributed by atoms with Gasteiger partial charge in [-0.1, -0.05) is 22.0 Å². The van der Waals surface area contributed by atoms with Crippen molar-refractivity contribution in [2.45, 2.75) is 24.8 Å². The molecule has 12 heteroatoms. The zero-order valence-corrected chi connectivity index (χ0v) is 21.4. The van der Waals surface area contributed by atoms with Crippen LogP contribution in [0.4, 0.5) is 19.3 Å². The van der Waals surface area contributed by atoms with E-state index in [9.17, 15) is 28.5 Å². The molecule has 0 fully saturated rings. The standard InChI is InChI=1S/C24H21BrF2N2O6S/c1-2-35-24(31)28(11-18-20(26)4-3-5-21(18)27)22(12-34-14-30)19-13-36-23(17(19)10-25)15-6-8-16(9-7-15)29(32)33/h3-9,13-14,22H,2,10-12H2,1H3. The van der Waals surface area contributed by atoms with Crippen molar-refractivity contribution in [2.75, 3.05) is 13.2 Å². The maximum absolute atomic E-state index is 14.5. The largest absolute Gasteiger partial charge is 0.465 e. The van der Waals surface area contributed by atoms with Crippen LogP contribution in [0.25, 0.3) is 10.4 Å². The van der Waals surface area contributed by atoms with Crippen LogP contribution >= 0.6 is 27.3 Å². The zero-order valence-electron chi connectivity index (χ0n) is 19.0. The molecule has 3 rings (SSSR count). The minimum atomic E-state index is -0.941. The summed E-state index contributed by atoms with van der Waals surface area (Å²) in [4.78, 5) is 36.4. The molecule has 3 aromatic rings. The number of hydrogen-bond acceptors (Lipinski definition) is 7. The Morgan fingerprint density at radius 1 is 1.19 bits per heavy atom. The van der Waals surface area contributed by atoms with Crippen LogP contribution in [0.3, 0.4) is 0 Å². The highest BCUT2D eigenvalue weighted by molar-refractivity contribution is 9.08. The number of benzene rings is 2. The summed E-state index contributed by atoms with van der Waals surface area (Å²) in [5, 5.41) is 13.1. The highest BCUT2D eigenvalue weighted by atomic mass is 79.9. The number of alkyl halides is 1. The molecule has 1 unspecified atom stereocenters. The summed E-state index contributed by atoms with van der Waals surface area (Å²) in [7, 11) is 0. The summed E-state index contributed by atoms with van der Waals surface area (Å²) < 4.78 is 39.1. The number of nitro groups is 1. The number of carbonyl (C=O) groups is 2. The number of halogens is 3. The molecule has 0 radical (unpaired) electrons. The smallest absolute Gasteiger partial charge is 0.410 e. The Morgan fingerprint density at radius 2 is 1.86 bits per heavy atom. The van der Waals surface area contributed by atoms with E-state index in [0.29, 0.717) is 16.5 Å². The molecule has 0 N–H and O–H groups in total. The maximum atomic E-state index is 14.5. The lowest BCUT2D eigenvalue weighted by Crippen LogP contribution is -2.38. The van der Waals surface area contributed by atoms with Crippen molar-refractivity contribution in [1.29, 1.82) is 0 Å². The number of amides is 1. The van der Waals surface area contributed by atoms with E-state index < -0.39 is 35.2 Å². The van der Waals surface area contributed by atoms with E-state index in [0.717, 1.165) is 27.5 Å². The molecule has 1 heterocycles. The molecule has 0 saturated carbocycles. The molecule has 36 heavy (non-hydrogen) atoms. The van der Waals surface area contributed by atoms with Crippen molar-refractivity contribution in [3.8, 4) is 10.4 Å². The monoisotopic (exact) mass is 582 g/mol. The Balaban J connectivity index is 2.10. The highest BCUT2D eigenvalue weighted by Gasteiger charge is 2.32. The maximum Gasteiger partial charge on any atom is 0.410 e. The summed E-state index contributed by atoms with van der Waals surface area (Å²) in [6, 6.07) is 8.41. The van der Waals surface area contributed by atoms with E-state index in [-0.39, 0.29) is 30.9 Å². The van der Waals surface area contributed by atoms with Gasteiger partial charge in [0.1, 0.15) is 18.2 Å². The lowest BCUT2D eigenvalue weighted by Gasteiger charge is -2.31. The molecule has 0 saturated heterocycles. The Kier molecular flexibility index (Phi) is 9.48. The van der Waals surface area contributed by atoms with Crippen molar-refractivity contribution in [2.24, 2.45) is 0 Å². The summed E-state index contributed by atoms with van der Waals surface area (Å²) in [5.74, 6) is -1.67. The molecule has 8 nitrogen and oxygen atoms in total. The molecular weight excluding hydrogens is 562 g/mol. The molecule has 0 aliphatic heterocycles. The first-order valence-corrected chi connectivity index (χ1v) is 12.6. The van der Waals surface area contributed by atoms with E-state index in [4.69, 9.17) is 9.47 Å². The average Bonchev–Trinajstić information content (AvgIpc) is 3.29. The fourth-order valence-electron chi connectivity index (χ4n) is 3.63. The second-order valence-corrected chi connectivity index (χ2v) is 8.85. The van der Waals surface area contributed by atoms with E-state index in [1.807, 2.05) is 0 Å². The number of rotatable bonds is 11. The normalized spacial score (nSPS) is 11.6. The van der Waals surface area contributed by atoms with Crippen molar-refractivity contribution in [3.63, 3.8) is 0 Å². The minimum Gasteiger partial charge on any atom is -0.465 e. The Hall–Kier alpha value is -3.38. The van der Waals surface area contributed by atoms with Gasteiger partial charge in [0.15, 0.2) is 0 Å². The number of carbonyl (C=O) groups excluding carboxylic acids is 2. The van der Waals surface area contributed by atoms with E-state index in [2.05, 4.69) is 15.9 Å². The lowest BCUT2D eigenvalue weighted by molar-refractivity contribution is -0.384. The van der Waals surface area contributed by atoms with E-state index >= 15 is 0 Å². The molecule has 0 aliphatic carbocycles. The summed E-state index contributed by atoms with van der Waals surface area (Å²) in [5.41, 5.74) is 1.58. The van der Waals surface area contributed by atoms with Gasteiger partial charge in [-0.05, 0) is 53.3 Å². The van der Waals surface area contributed by atoms with Gasteiger partial charge in [-0.2, -0.15) is 0 Å². The third-order valence-electron chi connectivity index (χ3n) is 5.35. The number of non-ortho nitro benzene ring substituents is 1. The summed E-state index contributed by atoms with van der Waals surface area (Å²) in [6.07, 6.45) is -0.844. The summed E-state index contributed by atoms with van der Waals surface area (Å²) >= 11 is 4.76. The van der Waals surface area contributed by atoms with Crippen LogP contribution in [0.5, 0.6) is 0 Å². The Morgan fingerprint density at radius 3 is 2.42 bits per heavy atom. The number of nitro benzene ring substituents is 1. The van der Waals surface area contributed by atoms with Crippen LogP contribution in [0.1, 0.15) is 29.7 Å². The summed E-state index contributed by atoms with van der Waals surface area (Å²) in [6.45, 7) is 1.05. The first-order valence-electron chi connectivity index (χ1n) is 10.6. The molecule has 1 aromatic heterocycles. The minimum absolute atomic E-state index is 0.0132. The lowest BCUT2D eigenvalue weighted by atomic mass is 10.0. The predicted molar refractivity (Wildman–Crippen MR) is 133 cm³/mol. The molecule has 0 bridgehead atoms. The van der Waals surface area contributed by atoms with Gasteiger partial charge in [0.05, 0.1) is 24.1 Å². The molecule has 1 amide bonds. The van der Waals surface area contributed by atoms with Crippen molar-refractivity contribution in [3.05, 3.63) is 86.3 Å². The van der Waals surface area contributed by atoms with Gasteiger partial charge in [0.25, 0.3) is 12.2 Å². The van der Waals surface area contributed by atoms with Gasteiger partial charge < -0.3 is 9.47 Å². The quantitative estimate of drug-likeness (QED) is 0.113.